The monoisotopic (exact) mass is 558 g/mol. The lowest BCUT2D eigenvalue weighted by Crippen LogP contribution is -2.53. The molecule has 2 aliphatic rings. The second-order valence-corrected chi connectivity index (χ2v) is 10.4. The van der Waals surface area contributed by atoms with Gasteiger partial charge >= 0.3 is 23.9 Å². The van der Waals surface area contributed by atoms with Crippen LogP contribution in [-0.4, -0.2) is 55.4 Å². The number of carbonyl (C=O) groups is 4. The van der Waals surface area contributed by atoms with Crippen LogP contribution in [0, 0.1) is 0 Å². The Bertz CT molecular complexity index is 954. The van der Waals surface area contributed by atoms with E-state index in [1.165, 1.54) is 22.7 Å². The van der Waals surface area contributed by atoms with Gasteiger partial charge in [-0.05, 0) is 65.9 Å². The summed E-state index contributed by atoms with van der Waals surface area (Å²) in [5.41, 5.74) is 20.3. The summed E-state index contributed by atoms with van der Waals surface area (Å²) >= 11 is 2.80. The first-order chi connectivity index (χ1) is 17.2. The highest BCUT2D eigenvalue weighted by Gasteiger charge is 2.40. The molecule has 0 spiro atoms. The Balaban J connectivity index is 0.000000248. The molecule has 2 fully saturated rings. The van der Waals surface area contributed by atoms with Crippen molar-refractivity contribution in [3.05, 3.63) is 44.8 Å². The first kappa shape index (κ1) is 32.1. The van der Waals surface area contributed by atoms with Crippen LogP contribution in [0.4, 0.5) is 0 Å². The lowest BCUT2D eigenvalue weighted by atomic mass is 9.78. The number of carboxylic acid groups (broad SMARTS) is 4. The smallest absolute Gasteiger partial charge is 0.325 e. The highest BCUT2D eigenvalue weighted by molar-refractivity contribution is 7.10. The lowest BCUT2D eigenvalue weighted by Gasteiger charge is -2.32. The molecule has 0 radical (unpaired) electrons. The van der Waals surface area contributed by atoms with Gasteiger partial charge in [0.1, 0.15) is 23.2 Å². The van der Waals surface area contributed by atoms with Gasteiger partial charge < -0.3 is 43.4 Å². The quantitative estimate of drug-likeness (QED) is 0.253. The zero-order valence-electron chi connectivity index (χ0n) is 20.1. The van der Waals surface area contributed by atoms with Crippen LogP contribution in [0.2, 0.25) is 0 Å². The third-order valence-corrected chi connectivity index (χ3v) is 7.53. The molecule has 37 heavy (non-hydrogen) atoms. The van der Waals surface area contributed by atoms with Gasteiger partial charge in [0.25, 0.3) is 0 Å². The van der Waals surface area contributed by atoms with Crippen molar-refractivity contribution in [1.29, 1.82) is 0 Å². The maximum atomic E-state index is 10.4. The molecule has 0 bridgehead atoms. The summed E-state index contributed by atoms with van der Waals surface area (Å²) in [6.45, 7) is 0. The summed E-state index contributed by atoms with van der Waals surface area (Å²) in [4.78, 5) is 41.8. The highest BCUT2D eigenvalue weighted by Crippen LogP contribution is 2.28. The van der Waals surface area contributed by atoms with E-state index in [1.807, 2.05) is 0 Å². The molecule has 2 unspecified atom stereocenters. The van der Waals surface area contributed by atoms with Crippen LogP contribution < -0.4 is 22.9 Å². The molecule has 12 N–H and O–H groups in total. The SMILES string of the molecule is NC(C(=O)O)c1cccs1.NC(C(=O)O)c1ccsc1.NC1(C(=O)O)CCC1.NC1(C(=O)O)CCCC1. The summed E-state index contributed by atoms with van der Waals surface area (Å²) < 4.78 is 0. The summed E-state index contributed by atoms with van der Waals surface area (Å²) in [5, 5.41) is 39.1. The van der Waals surface area contributed by atoms with Crippen LogP contribution in [0.25, 0.3) is 0 Å². The Morgan fingerprint density at radius 1 is 0.757 bits per heavy atom. The Kier molecular flexibility index (Phi) is 12.8. The molecule has 14 heteroatoms. The minimum Gasteiger partial charge on any atom is -0.480 e. The number of hydrogen-bond donors (Lipinski definition) is 8. The largest absolute Gasteiger partial charge is 0.480 e. The fourth-order valence-corrected chi connectivity index (χ4v) is 4.59. The second kappa shape index (κ2) is 14.8. The normalized spacial score (nSPS) is 18.1. The summed E-state index contributed by atoms with van der Waals surface area (Å²) in [7, 11) is 0. The zero-order valence-corrected chi connectivity index (χ0v) is 21.7. The molecule has 0 saturated heterocycles. The van der Waals surface area contributed by atoms with Gasteiger partial charge in [0, 0.05) is 4.88 Å². The molecule has 2 aromatic heterocycles. The first-order valence-electron chi connectivity index (χ1n) is 11.3. The molecule has 4 rings (SSSR count). The standard InChI is InChI=1S/2C6H7NO2S.C6H11NO2.C5H9NO2/c7-5(6(8)9)4-1-2-10-3-4;7-5(6(8)9)4-2-1-3-10-4;7-6(5(8)9)3-1-2-4-6;6-5(4(7)8)2-1-3-5/h2*1-3,5H,7H2,(H,8,9);1-4,7H2,(H,8,9);1-3,6H2,(H,7,8). The molecule has 2 saturated carbocycles. The van der Waals surface area contributed by atoms with E-state index in [1.54, 1.807) is 34.3 Å². The van der Waals surface area contributed by atoms with E-state index in [-0.39, 0.29) is 0 Å². The summed E-state index contributed by atoms with van der Waals surface area (Å²) in [5.74, 6) is -3.68. The Hall–Kier alpha value is -2.88. The molecule has 2 heterocycles. The number of rotatable bonds is 6. The van der Waals surface area contributed by atoms with Gasteiger partial charge in [-0.15, -0.1) is 11.3 Å². The van der Waals surface area contributed by atoms with Gasteiger partial charge in [0.05, 0.1) is 0 Å². The Morgan fingerprint density at radius 2 is 1.24 bits per heavy atom. The number of aliphatic carboxylic acids is 4. The summed E-state index contributed by atoms with van der Waals surface area (Å²) in [6.07, 6.45) is 5.45. The van der Waals surface area contributed by atoms with E-state index in [4.69, 9.17) is 43.4 Å². The molecule has 206 valence electrons. The number of thiophene rings is 2. The van der Waals surface area contributed by atoms with E-state index in [9.17, 15) is 19.2 Å². The van der Waals surface area contributed by atoms with Crippen molar-refractivity contribution in [2.24, 2.45) is 22.9 Å². The molecule has 0 amide bonds. The van der Waals surface area contributed by atoms with Crippen LogP contribution >= 0.6 is 22.7 Å². The maximum absolute atomic E-state index is 10.4. The van der Waals surface area contributed by atoms with Gasteiger partial charge in [0.2, 0.25) is 0 Å². The third-order valence-electron chi connectivity index (χ3n) is 5.88. The fourth-order valence-electron chi connectivity index (χ4n) is 3.18. The van der Waals surface area contributed by atoms with Crippen LogP contribution in [0.1, 0.15) is 67.5 Å². The van der Waals surface area contributed by atoms with Crippen LogP contribution in [-0.2, 0) is 19.2 Å². The predicted octanol–water partition coefficient (Wildman–Crippen LogP) is 1.96. The fraction of sp³-hybridized carbons (Fsp3) is 0.478. The second-order valence-electron chi connectivity index (χ2n) is 8.69. The summed E-state index contributed by atoms with van der Waals surface area (Å²) in [6, 6.07) is 3.47. The first-order valence-corrected chi connectivity index (χ1v) is 13.1. The van der Waals surface area contributed by atoms with Crippen molar-refractivity contribution in [3.63, 3.8) is 0 Å². The average Bonchev–Trinajstić information content (AvgIpc) is 3.60. The van der Waals surface area contributed by atoms with Gasteiger partial charge in [-0.25, -0.2) is 0 Å². The molecule has 0 aliphatic heterocycles. The van der Waals surface area contributed by atoms with Gasteiger partial charge in [0.15, 0.2) is 0 Å². The van der Waals surface area contributed by atoms with Gasteiger partial charge in [-0.2, -0.15) is 11.3 Å². The zero-order chi connectivity index (χ0) is 28.2. The highest BCUT2D eigenvalue weighted by atomic mass is 32.1. The number of hydrogen-bond acceptors (Lipinski definition) is 10. The predicted molar refractivity (Wildman–Crippen MR) is 139 cm³/mol. The van der Waals surface area contributed by atoms with Crippen molar-refractivity contribution < 1.29 is 39.6 Å². The van der Waals surface area contributed by atoms with E-state index in [2.05, 4.69) is 0 Å². The van der Waals surface area contributed by atoms with Crippen LogP contribution in [0.5, 0.6) is 0 Å². The molecule has 12 nitrogen and oxygen atoms in total. The van der Waals surface area contributed by atoms with Crippen molar-refractivity contribution in [3.8, 4) is 0 Å². The topological polar surface area (TPSA) is 253 Å². The van der Waals surface area contributed by atoms with Crippen molar-refractivity contribution in [2.75, 3.05) is 0 Å². The minimum atomic E-state index is -0.988. The molecule has 2 aliphatic carbocycles. The van der Waals surface area contributed by atoms with Crippen LogP contribution in [0.3, 0.4) is 0 Å². The molecule has 2 aromatic rings. The maximum Gasteiger partial charge on any atom is 0.325 e. The average molecular weight is 559 g/mol. The van der Waals surface area contributed by atoms with Crippen LogP contribution in [0.15, 0.2) is 34.3 Å². The molecule has 0 aromatic carbocycles. The third kappa shape index (κ3) is 10.2. The van der Waals surface area contributed by atoms with Gasteiger partial charge in [-0.3, -0.25) is 19.2 Å². The van der Waals surface area contributed by atoms with Gasteiger partial charge in [-0.1, -0.05) is 18.9 Å². The Morgan fingerprint density at radius 3 is 1.51 bits per heavy atom. The molecule has 2 atom stereocenters. The number of carboxylic acids is 4. The number of nitrogens with two attached hydrogens (primary N) is 4. The van der Waals surface area contributed by atoms with E-state index in [0.717, 1.165) is 19.3 Å². The molecular weight excluding hydrogens is 524 g/mol. The van der Waals surface area contributed by atoms with Crippen molar-refractivity contribution in [1.82, 2.24) is 0 Å². The van der Waals surface area contributed by atoms with Crippen molar-refractivity contribution in [2.45, 2.75) is 68.1 Å². The Labute approximate surface area is 221 Å². The van der Waals surface area contributed by atoms with E-state index >= 15 is 0 Å². The molecular formula is C23H34N4O8S2. The van der Waals surface area contributed by atoms with E-state index in [0.29, 0.717) is 36.1 Å². The van der Waals surface area contributed by atoms with E-state index < -0.39 is 47.0 Å². The van der Waals surface area contributed by atoms with Crippen molar-refractivity contribution >= 4 is 46.6 Å². The minimum absolute atomic E-state index is 0.641. The lowest BCUT2D eigenvalue weighted by molar-refractivity contribution is -0.146.